The second-order valence-electron chi connectivity index (χ2n) is 7.05. The number of rotatable bonds is 7. The van der Waals surface area contributed by atoms with Crippen molar-refractivity contribution in [3.8, 4) is 0 Å². The van der Waals surface area contributed by atoms with Gasteiger partial charge in [-0.2, -0.15) is 0 Å². The normalized spacial score (nSPS) is 14.4. The van der Waals surface area contributed by atoms with Gasteiger partial charge < -0.3 is 4.74 Å². The van der Waals surface area contributed by atoms with Crippen LogP contribution in [0.25, 0.3) is 0 Å². The standard InChI is InChI=1S/C19H27N3O4/c1-4-19(2,3)16(23)17(24)21-11-7-12-22(21)18(25)26-13-6-9-15-8-5-10-20-14-15/h5,8,10,14H,4,6-7,9,11-13H2,1-3H3. The molecule has 0 bridgehead atoms. The first-order chi connectivity index (χ1) is 12.4. The molecular weight excluding hydrogens is 334 g/mol. The summed E-state index contributed by atoms with van der Waals surface area (Å²) < 4.78 is 5.28. The number of aryl methyl sites for hydroxylation is 1. The van der Waals surface area contributed by atoms with Gasteiger partial charge in [-0.15, -0.1) is 0 Å². The summed E-state index contributed by atoms with van der Waals surface area (Å²) in [5.74, 6) is -1.11. The summed E-state index contributed by atoms with van der Waals surface area (Å²) >= 11 is 0. The lowest BCUT2D eigenvalue weighted by atomic mass is 9.85. The van der Waals surface area contributed by atoms with Crippen molar-refractivity contribution in [1.29, 1.82) is 0 Å². The second kappa shape index (κ2) is 8.78. The molecule has 142 valence electrons. The Labute approximate surface area is 154 Å². The molecule has 1 fully saturated rings. The van der Waals surface area contributed by atoms with Crippen LogP contribution in [0.4, 0.5) is 4.79 Å². The summed E-state index contributed by atoms with van der Waals surface area (Å²) in [6, 6.07) is 3.83. The highest BCUT2D eigenvalue weighted by Gasteiger charge is 2.40. The lowest BCUT2D eigenvalue weighted by Crippen LogP contribution is -2.50. The molecule has 0 radical (unpaired) electrons. The molecule has 1 aliphatic rings. The maximum Gasteiger partial charge on any atom is 0.428 e. The zero-order valence-corrected chi connectivity index (χ0v) is 15.7. The van der Waals surface area contributed by atoms with E-state index in [-0.39, 0.29) is 6.61 Å². The zero-order valence-electron chi connectivity index (χ0n) is 15.7. The quantitative estimate of drug-likeness (QED) is 0.551. The van der Waals surface area contributed by atoms with E-state index >= 15 is 0 Å². The number of carbonyl (C=O) groups excluding carboxylic acids is 3. The van der Waals surface area contributed by atoms with E-state index in [1.807, 2.05) is 19.1 Å². The average molecular weight is 361 g/mol. The van der Waals surface area contributed by atoms with Gasteiger partial charge in [-0.1, -0.05) is 26.8 Å². The molecule has 0 aromatic carbocycles. The van der Waals surface area contributed by atoms with Crippen molar-refractivity contribution in [3.63, 3.8) is 0 Å². The fourth-order valence-electron chi connectivity index (χ4n) is 2.64. The molecule has 2 rings (SSSR count). The SMILES string of the molecule is CCC(C)(C)C(=O)C(=O)N1CCCN1C(=O)OCCCc1cccnc1. The summed E-state index contributed by atoms with van der Waals surface area (Å²) in [7, 11) is 0. The summed E-state index contributed by atoms with van der Waals surface area (Å²) in [4.78, 5) is 41.2. The Morgan fingerprint density at radius 1 is 1.23 bits per heavy atom. The van der Waals surface area contributed by atoms with Gasteiger partial charge in [0.25, 0.3) is 0 Å². The van der Waals surface area contributed by atoms with Crippen LogP contribution in [0.15, 0.2) is 24.5 Å². The van der Waals surface area contributed by atoms with Crippen LogP contribution in [0, 0.1) is 5.41 Å². The molecule has 0 unspecified atom stereocenters. The van der Waals surface area contributed by atoms with Gasteiger partial charge in [-0.05, 0) is 37.3 Å². The molecule has 1 saturated heterocycles. The first-order valence-electron chi connectivity index (χ1n) is 9.06. The molecule has 0 saturated carbocycles. The molecule has 1 aromatic rings. The van der Waals surface area contributed by atoms with Gasteiger partial charge in [-0.3, -0.25) is 14.6 Å². The van der Waals surface area contributed by atoms with Gasteiger partial charge >= 0.3 is 12.0 Å². The van der Waals surface area contributed by atoms with Gasteiger partial charge in [0, 0.05) is 30.9 Å². The number of aromatic nitrogens is 1. The maximum absolute atomic E-state index is 12.5. The maximum atomic E-state index is 12.5. The monoisotopic (exact) mass is 361 g/mol. The number of hydrazine groups is 1. The van der Waals surface area contributed by atoms with Crippen LogP contribution in [-0.4, -0.2) is 52.5 Å². The minimum absolute atomic E-state index is 0.251. The molecule has 26 heavy (non-hydrogen) atoms. The van der Waals surface area contributed by atoms with Crippen molar-refractivity contribution >= 4 is 17.8 Å². The van der Waals surface area contributed by atoms with Crippen LogP contribution < -0.4 is 0 Å². The molecule has 2 amide bonds. The number of nitrogens with zero attached hydrogens (tertiary/aromatic N) is 3. The van der Waals surface area contributed by atoms with Crippen LogP contribution in [-0.2, 0) is 20.7 Å². The van der Waals surface area contributed by atoms with Gasteiger partial charge in [0.15, 0.2) is 0 Å². The van der Waals surface area contributed by atoms with E-state index in [1.54, 1.807) is 26.2 Å². The fourth-order valence-corrected chi connectivity index (χ4v) is 2.64. The van der Waals surface area contributed by atoms with Crippen LogP contribution in [0.2, 0.25) is 0 Å². The van der Waals surface area contributed by atoms with E-state index in [9.17, 15) is 14.4 Å². The predicted molar refractivity (Wildman–Crippen MR) is 96.0 cm³/mol. The number of hydrogen-bond acceptors (Lipinski definition) is 5. The van der Waals surface area contributed by atoms with Gasteiger partial charge in [0.05, 0.1) is 6.61 Å². The minimum atomic E-state index is -0.737. The Hall–Kier alpha value is -2.44. The van der Waals surface area contributed by atoms with Crippen molar-refractivity contribution < 1.29 is 19.1 Å². The molecule has 7 heteroatoms. The molecule has 0 N–H and O–H groups in total. The van der Waals surface area contributed by atoms with Crippen molar-refractivity contribution in [2.45, 2.75) is 46.5 Å². The Bertz CT molecular complexity index is 645. The van der Waals surface area contributed by atoms with Gasteiger partial charge in [0.1, 0.15) is 0 Å². The number of ketones is 1. The Morgan fingerprint density at radius 3 is 2.62 bits per heavy atom. The topological polar surface area (TPSA) is 79.8 Å². The lowest BCUT2D eigenvalue weighted by Gasteiger charge is -2.29. The minimum Gasteiger partial charge on any atom is -0.448 e. The van der Waals surface area contributed by atoms with Gasteiger partial charge in [0.2, 0.25) is 5.78 Å². The first-order valence-corrected chi connectivity index (χ1v) is 9.06. The number of Topliss-reactive ketones (excluding diaryl/α,β-unsaturated/α-hetero) is 1. The van der Waals surface area contributed by atoms with E-state index in [4.69, 9.17) is 4.74 Å². The largest absolute Gasteiger partial charge is 0.448 e. The van der Waals surface area contributed by atoms with Gasteiger partial charge in [-0.25, -0.2) is 14.8 Å². The molecule has 0 aliphatic carbocycles. The highest BCUT2D eigenvalue weighted by atomic mass is 16.6. The van der Waals surface area contributed by atoms with E-state index in [2.05, 4.69) is 4.98 Å². The zero-order chi connectivity index (χ0) is 19.2. The molecule has 0 atom stereocenters. The average Bonchev–Trinajstić information content (AvgIpc) is 3.14. The van der Waals surface area contributed by atoms with Crippen LogP contribution in [0.1, 0.15) is 45.6 Å². The highest BCUT2D eigenvalue weighted by Crippen LogP contribution is 2.24. The number of hydrogen-bond donors (Lipinski definition) is 0. The number of pyridine rings is 1. The Morgan fingerprint density at radius 2 is 1.96 bits per heavy atom. The molecule has 1 aliphatic heterocycles. The Balaban J connectivity index is 1.85. The molecule has 2 heterocycles. The van der Waals surface area contributed by atoms with Crippen molar-refractivity contribution in [2.75, 3.05) is 19.7 Å². The lowest BCUT2D eigenvalue weighted by molar-refractivity contribution is -0.156. The summed E-state index contributed by atoms with van der Waals surface area (Å²) in [6.07, 6.45) is 5.53. The number of carbonyl (C=O) groups is 3. The Kier molecular flexibility index (Phi) is 6.71. The van der Waals surface area contributed by atoms with E-state index < -0.39 is 23.2 Å². The van der Waals surface area contributed by atoms with Crippen LogP contribution in [0.3, 0.4) is 0 Å². The second-order valence-corrected chi connectivity index (χ2v) is 7.05. The fraction of sp³-hybridized carbons (Fsp3) is 0.579. The smallest absolute Gasteiger partial charge is 0.428 e. The highest BCUT2D eigenvalue weighted by molar-refractivity contribution is 6.37. The number of amides is 2. The summed E-state index contributed by atoms with van der Waals surface area (Å²) in [5.41, 5.74) is 0.341. The van der Waals surface area contributed by atoms with Crippen molar-refractivity contribution in [3.05, 3.63) is 30.1 Å². The third-order valence-corrected chi connectivity index (χ3v) is 4.73. The third kappa shape index (κ3) is 4.80. The molecular formula is C19H27N3O4. The third-order valence-electron chi connectivity index (χ3n) is 4.73. The van der Waals surface area contributed by atoms with E-state index in [1.165, 1.54) is 10.0 Å². The molecule has 7 nitrogen and oxygen atoms in total. The molecule has 1 aromatic heterocycles. The van der Waals surface area contributed by atoms with Crippen LogP contribution >= 0.6 is 0 Å². The van der Waals surface area contributed by atoms with E-state index in [0.29, 0.717) is 32.4 Å². The van der Waals surface area contributed by atoms with E-state index in [0.717, 1.165) is 12.0 Å². The number of ether oxygens (including phenoxy) is 1. The molecule has 0 spiro atoms. The van der Waals surface area contributed by atoms with Crippen molar-refractivity contribution in [2.24, 2.45) is 5.41 Å². The first kappa shape index (κ1) is 19.9. The van der Waals surface area contributed by atoms with Crippen LogP contribution in [0.5, 0.6) is 0 Å². The summed E-state index contributed by atoms with van der Waals surface area (Å²) in [6.45, 7) is 6.33. The predicted octanol–water partition coefficient (Wildman–Crippen LogP) is 2.61. The summed E-state index contributed by atoms with van der Waals surface area (Å²) in [5, 5.41) is 2.47. The van der Waals surface area contributed by atoms with Crippen molar-refractivity contribution in [1.82, 2.24) is 15.0 Å².